The van der Waals surface area contributed by atoms with E-state index >= 15 is 0 Å². The second-order valence-corrected chi connectivity index (χ2v) is 3.27. The number of carbonyl (C=O) groups is 2. The van der Waals surface area contributed by atoms with E-state index in [9.17, 15) is 9.59 Å². The van der Waals surface area contributed by atoms with Crippen LogP contribution in [0.2, 0.25) is 0 Å². The van der Waals surface area contributed by atoms with Gasteiger partial charge in [0.05, 0.1) is 11.8 Å². The van der Waals surface area contributed by atoms with E-state index in [4.69, 9.17) is 10.2 Å². The SMILES string of the molecule is O=C(O)C1C2C=CC2C1C(=O)O. The van der Waals surface area contributed by atoms with E-state index in [0.717, 1.165) is 0 Å². The van der Waals surface area contributed by atoms with Gasteiger partial charge in [-0.15, -0.1) is 0 Å². The van der Waals surface area contributed by atoms with E-state index in [1.54, 1.807) is 12.2 Å². The number of allylic oxidation sites excluding steroid dienone is 2. The van der Waals surface area contributed by atoms with E-state index in [1.165, 1.54) is 0 Å². The molecule has 0 aromatic rings. The van der Waals surface area contributed by atoms with Crippen LogP contribution in [0.5, 0.6) is 0 Å². The average molecular weight is 168 g/mol. The minimum atomic E-state index is -0.993. The number of rotatable bonds is 2. The number of carboxylic acid groups (broad SMARTS) is 2. The third-order valence-corrected chi connectivity index (χ3v) is 2.79. The Balaban J connectivity index is 2.19. The molecule has 64 valence electrons. The molecule has 0 aromatic carbocycles. The van der Waals surface area contributed by atoms with Gasteiger partial charge in [-0.2, -0.15) is 0 Å². The lowest BCUT2D eigenvalue weighted by Gasteiger charge is -2.50. The monoisotopic (exact) mass is 168 g/mol. The highest BCUT2D eigenvalue weighted by Gasteiger charge is 2.58. The van der Waals surface area contributed by atoms with E-state index in [-0.39, 0.29) is 11.8 Å². The fourth-order valence-corrected chi connectivity index (χ4v) is 2.06. The molecule has 1 fully saturated rings. The molecule has 4 unspecified atom stereocenters. The van der Waals surface area contributed by atoms with Crippen LogP contribution in [0.1, 0.15) is 0 Å². The maximum atomic E-state index is 10.6. The summed E-state index contributed by atoms with van der Waals surface area (Å²) in [4.78, 5) is 21.2. The molecule has 2 aliphatic rings. The van der Waals surface area contributed by atoms with Gasteiger partial charge in [0.1, 0.15) is 0 Å². The zero-order valence-corrected chi connectivity index (χ0v) is 6.18. The first-order chi connectivity index (χ1) is 5.63. The number of fused-ring (bicyclic) bond motifs is 1. The first kappa shape index (κ1) is 7.34. The summed E-state index contributed by atoms with van der Waals surface area (Å²) in [5, 5.41) is 17.4. The van der Waals surface area contributed by atoms with Crippen LogP contribution in [0.25, 0.3) is 0 Å². The molecule has 2 N–H and O–H groups in total. The lowest BCUT2D eigenvalue weighted by atomic mass is 9.51. The van der Waals surface area contributed by atoms with Gasteiger partial charge in [0.2, 0.25) is 0 Å². The second kappa shape index (κ2) is 2.09. The first-order valence-electron chi connectivity index (χ1n) is 3.77. The number of aliphatic carboxylic acids is 2. The van der Waals surface area contributed by atoms with E-state index in [0.29, 0.717) is 0 Å². The lowest BCUT2D eigenvalue weighted by molar-refractivity contribution is -0.170. The summed E-state index contributed by atoms with van der Waals surface area (Å²) in [7, 11) is 0. The molecule has 0 amide bonds. The Bertz CT molecular complexity index is 253. The van der Waals surface area contributed by atoms with Crippen LogP contribution in [-0.4, -0.2) is 22.2 Å². The highest BCUT2D eigenvalue weighted by molar-refractivity contribution is 5.84. The molecule has 0 heterocycles. The maximum Gasteiger partial charge on any atom is 0.308 e. The van der Waals surface area contributed by atoms with E-state index < -0.39 is 23.8 Å². The van der Waals surface area contributed by atoms with Gasteiger partial charge in [-0.05, 0) is 11.8 Å². The van der Waals surface area contributed by atoms with Crippen LogP contribution < -0.4 is 0 Å². The Morgan fingerprint density at radius 1 is 0.917 bits per heavy atom. The molecule has 2 rings (SSSR count). The normalized spacial score (nSPS) is 42.3. The van der Waals surface area contributed by atoms with Gasteiger partial charge in [0.25, 0.3) is 0 Å². The molecule has 12 heavy (non-hydrogen) atoms. The fraction of sp³-hybridized carbons (Fsp3) is 0.500. The molecule has 0 spiro atoms. The van der Waals surface area contributed by atoms with Crippen molar-refractivity contribution in [3.05, 3.63) is 12.2 Å². The topological polar surface area (TPSA) is 74.6 Å². The number of hydrogen-bond donors (Lipinski definition) is 2. The predicted octanol–water partition coefficient (Wildman–Crippen LogP) is 0.204. The number of hydrogen-bond acceptors (Lipinski definition) is 2. The Morgan fingerprint density at radius 3 is 1.42 bits per heavy atom. The van der Waals surface area contributed by atoms with Gasteiger partial charge >= 0.3 is 11.9 Å². The van der Waals surface area contributed by atoms with Crippen LogP contribution in [-0.2, 0) is 9.59 Å². The summed E-state index contributed by atoms with van der Waals surface area (Å²) in [6.07, 6.45) is 3.56. The molecular formula is C8H8O4. The summed E-state index contributed by atoms with van der Waals surface area (Å²) in [6, 6.07) is 0. The quantitative estimate of drug-likeness (QED) is 0.578. The van der Waals surface area contributed by atoms with Gasteiger partial charge in [0.15, 0.2) is 0 Å². The highest BCUT2D eigenvalue weighted by atomic mass is 16.4. The van der Waals surface area contributed by atoms with Crippen molar-refractivity contribution in [1.82, 2.24) is 0 Å². The smallest absolute Gasteiger partial charge is 0.308 e. The van der Waals surface area contributed by atoms with Gasteiger partial charge in [0, 0.05) is 0 Å². The Hall–Kier alpha value is -1.32. The predicted molar refractivity (Wildman–Crippen MR) is 38.4 cm³/mol. The van der Waals surface area contributed by atoms with Crippen molar-refractivity contribution < 1.29 is 19.8 Å². The fourth-order valence-electron chi connectivity index (χ4n) is 2.06. The van der Waals surface area contributed by atoms with Crippen LogP contribution in [0, 0.1) is 23.7 Å². The third kappa shape index (κ3) is 0.668. The Kier molecular flexibility index (Phi) is 1.28. The van der Waals surface area contributed by atoms with Crippen molar-refractivity contribution in [1.29, 1.82) is 0 Å². The molecule has 0 aromatic heterocycles. The van der Waals surface area contributed by atoms with Gasteiger partial charge < -0.3 is 10.2 Å². The molecule has 1 saturated carbocycles. The van der Waals surface area contributed by atoms with Crippen molar-refractivity contribution in [2.45, 2.75) is 0 Å². The van der Waals surface area contributed by atoms with Crippen molar-refractivity contribution in [2.75, 3.05) is 0 Å². The standard InChI is InChI=1S/C8H8O4/c9-7(10)5-3-1-2-4(3)6(5)8(11)12/h1-6H,(H,9,10)(H,11,12). The van der Waals surface area contributed by atoms with Crippen molar-refractivity contribution in [3.8, 4) is 0 Å². The van der Waals surface area contributed by atoms with Gasteiger partial charge in [-0.25, -0.2) is 0 Å². The Labute approximate surface area is 68.5 Å². The second-order valence-electron chi connectivity index (χ2n) is 3.27. The van der Waals surface area contributed by atoms with E-state index in [1.807, 2.05) is 0 Å². The lowest BCUT2D eigenvalue weighted by Crippen LogP contribution is -2.56. The minimum Gasteiger partial charge on any atom is -0.481 e. The van der Waals surface area contributed by atoms with E-state index in [2.05, 4.69) is 0 Å². The van der Waals surface area contributed by atoms with Crippen LogP contribution in [0.15, 0.2) is 12.2 Å². The van der Waals surface area contributed by atoms with Crippen LogP contribution in [0.3, 0.4) is 0 Å². The number of carboxylic acids is 2. The summed E-state index contributed by atoms with van der Waals surface area (Å²) < 4.78 is 0. The zero-order valence-electron chi connectivity index (χ0n) is 6.18. The zero-order chi connectivity index (χ0) is 8.88. The highest BCUT2D eigenvalue weighted by Crippen LogP contribution is 2.53. The summed E-state index contributed by atoms with van der Waals surface area (Å²) in [5.74, 6) is -3.43. The summed E-state index contributed by atoms with van der Waals surface area (Å²) >= 11 is 0. The Morgan fingerprint density at radius 2 is 1.25 bits per heavy atom. The van der Waals surface area contributed by atoms with Gasteiger partial charge in [-0.3, -0.25) is 9.59 Å². The molecule has 4 heteroatoms. The summed E-state index contributed by atoms with van der Waals surface area (Å²) in [6.45, 7) is 0. The first-order valence-corrected chi connectivity index (χ1v) is 3.77. The molecule has 4 atom stereocenters. The van der Waals surface area contributed by atoms with Crippen molar-refractivity contribution in [3.63, 3.8) is 0 Å². The molecule has 0 aliphatic heterocycles. The van der Waals surface area contributed by atoms with Crippen molar-refractivity contribution >= 4 is 11.9 Å². The molecule has 0 saturated heterocycles. The molecule has 0 radical (unpaired) electrons. The minimum absolute atomic E-state index is 0.0244. The third-order valence-electron chi connectivity index (χ3n) is 2.79. The summed E-state index contributed by atoms with van der Waals surface area (Å²) in [5.41, 5.74) is 0. The average Bonchev–Trinajstić information content (AvgIpc) is 1.91. The molecule has 2 aliphatic carbocycles. The molecular weight excluding hydrogens is 160 g/mol. The molecule has 0 bridgehead atoms. The van der Waals surface area contributed by atoms with Crippen LogP contribution >= 0.6 is 0 Å². The van der Waals surface area contributed by atoms with Crippen molar-refractivity contribution in [2.24, 2.45) is 23.7 Å². The van der Waals surface area contributed by atoms with Crippen LogP contribution in [0.4, 0.5) is 0 Å². The largest absolute Gasteiger partial charge is 0.481 e. The van der Waals surface area contributed by atoms with Gasteiger partial charge in [-0.1, -0.05) is 12.2 Å². The molecule has 4 nitrogen and oxygen atoms in total. The maximum absolute atomic E-state index is 10.6.